The molecule has 4 rings (SSSR count). The van der Waals surface area contributed by atoms with Crippen molar-refractivity contribution < 1.29 is 4.74 Å². The summed E-state index contributed by atoms with van der Waals surface area (Å²) >= 11 is 6.15. The van der Waals surface area contributed by atoms with Crippen molar-refractivity contribution in [1.82, 2.24) is 0 Å². The highest BCUT2D eigenvalue weighted by atomic mass is 35.5. The van der Waals surface area contributed by atoms with Crippen LogP contribution >= 0.6 is 11.6 Å². The van der Waals surface area contributed by atoms with Gasteiger partial charge in [-0.15, -0.1) is 0 Å². The van der Waals surface area contributed by atoms with Crippen LogP contribution in [0.15, 0.2) is 58.1 Å². The summed E-state index contributed by atoms with van der Waals surface area (Å²) in [5.74, 6) is 1.66. The third-order valence-electron chi connectivity index (χ3n) is 5.39. The van der Waals surface area contributed by atoms with Crippen LogP contribution in [0.3, 0.4) is 0 Å². The number of hydrogen-bond donors (Lipinski definition) is 1. The van der Waals surface area contributed by atoms with Crippen LogP contribution in [0.5, 0.6) is 11.5 Å². The molecule has 1 saturated carbocycles. The summed E-state index contributed by atoms with van der Waals surface area (Å²) in [6, 6.07) is 14.4. The predicted molar refractivity (Wildman–Crippen MR) is 113 cm³/mol. The Morgan fingerprint density at radius 2 is 1.71 bits per heavy atom. The molecule has 1 aliphatic carbocycles. The van der Waals surface area contributed by atoms with Crippen LogP contribution in [-0.4, -0.2) is 6.54 Å². The molecule has 0 spiro atoms. The van der Waals surface area contributed by atoms with Crippen LogP contribution in [0.25, 0.3) is 11.1 Å². The highest BCUT2D eigenvalue weighted by Gasteiger charge is 2.26. The SMILES string of the molecule is O=c1c(NCC2CCCCC2)c(-c2ccc(Cl)cc2Oc2ccccc2)c1=O. The maximum atomic E-state index is 12.4. The molecule has 0 saturated heterocycles. The van der Waals surface area contributed by atoms with Crippen molar-refractivity contribution in [3.63, 3.8) is 0 Å². The molecule has 0 unspecified atom stereocenters. The third kappa shape index (κ3) is 3.83. The van der Waals surface area contributed by atoms with E-state index in [1.54, 1.807) is 18.2 Å². The van der Waals surface area contributed by atoms with Gasteiger partial charge in [0.15, 0.2) is 0 Å². The summed E-state index contributed by atoms with van der Waals surface area (Å²) in [5, 5.41) is 3.75. The maximum absolute atomic E-state index is 12.4. The second kappa shape index (κ2) is 8.19. The minimum Gasteiger partial charge on any atom is -0.457 e. The van der Waals surface area contributed by atoms with E-state index >= 15 is 0 Å². The fraction of sp³-hybridized carbons (Fsp3) is 0.304. The molecule has 28 heavy (non-hydrogen) atoms. The average Bonchev–Trinajstić information content (AvgIpc) is 2.73. The summed E-state index contributed by atoms with van der Waals surface area (Å²) in [6.07, 6.45) is 6.09. The number of benzene rings is 2. The van der Waals surface area contributed by atoms with Gasteiger partial charge in [-0.2, -0.15) is 0 Å². The first-order valence-corrected chi connectivity index (χ1v) is 10.1. The van der Waals surface area contributed by atoms with Gasteiger partial charge in [0.2, 0.25) is 10.9 Å². The van der Waals surface area contributed by atoms with Gasteiger partial charge in [-0.25, -0.2) is 0 Å². The van der Waals surface area contributed by atoms with Gasteiger partial charge in [-0.3, -0.25) is 9.59 Å². The molecule has 1 N–H and O–H groups in total. The molecule has 3 aromatic rings. The van der Waals surface area contributed by atoms with Crippen molar-refractivity contribution >= 4 is 17.3 Å². The molecule has 0 atom stereocenters. The topological polar surface area (TPSA) is 55.4 Å². The third-order valence-corrected chi connectivity index (χ3v) is 5.62. The van der Waals surface area contributed by atoms with Gasteiger partial charge in [-0.1, -0.05) is 49.1 Å². The van der Waals surface area contributed by atoms with E-state index in [0.717, 1.165) is 6.54 Å². The highest BCUT2D eigenvalue weighted by Crippen LogP contribution is 2.37. The number of anilines is 1. The van der Waals surface area contributed by atoms with Gasteiger partial charge in [0.05, 0.1) is 11.3 Å². The Morgan fingerprint density at radius 1 is 0.964 bits per heavy atom. The molecular formula is C23H22ClNO3. The van der Waals surface area contributed by atoms with Crippen molar-refractivity contribution in [2.24, 2.45) is 5.92 Å². The standard InChI is InChI=1S/C23H22ClNO3/c24-16-11-12-18(19(13-16)28-17-9-5-2-6-10-17)20-21(23(27)22(20)26)25-14-15-7-3-1-4-8-15/h2,5-6,9-13,15,25H,1,3-4,7-8,14H2. The zero-order valence-corrected chi connectivity index (χ0v) is 16.3. The minimum absolute atomic E-state index is 0.392. The quantitative estimate of drug-likeness (QED) is 0.569. The van der Waals surface area contributed by atoms with Crippen LogP contribution in [0.1, 0.15) is 32.1 Å². The largest absolute Gasteiger partial charge is 0.457 e. The Morgan fingerprint density at radius 3 is 2.46 bits per heavy atom. The minimum atomic E-state index is -0.480. The molecule has 0 amide bonds. The van der Waals surface area contributed by atoms with Crippen LogP contribution in [0.2, 0.25) is 5.02 Å². The fourth-order valence-corrected chi connectivity index (χ4v) is 4.02. The maximum Gasteiger partial charge on any atom is 0.250 e. The zero-order chi connectivity index (χ0) is 19.5. The van der Waals surface area contributed by atoms with Crippen molar-refractivity contribution in [2.45, 2.75) is 32.1 Å². The van der Waals surface area contributed by atoms with Gasteiger partial charge in [-0.05, 0) is 43.0 Å². The molecule has 0 bridgehead atoms. The Kier molecular flexibility index (Phi) is 5.49. The van der Waals surface area contributed by atoms with Gasteiger partial charge in [0.1, 0.15) is 11.5 Å². The van der Waals surface area contributed by atoms with Crippen molar-refractivity contribution in [1.29, 1.82) is 0 Å². The van der Waals surface area contributed by atoms with E-state index in [-0.39, 0.29) is 0 Å². The summed E-state index contributed by atoms with van der Waals surface area (Å²) in [7, 11) is 0. The highest BCUT2D eigenvalue weighted by molar-refractivity contribution is 6.30. The summed E-state index contributed by atoms with van der Waals surface area (Å²) < 4.78 is 5.96. The van der Waals surface area contributed by atoms with Gasteiger partial charge < -0.3 is 10.1 Å². The molecule has 144 valence electrons. The van der Waals surface area contributed by atoms with Gasteiger partial charge >= 0.3 is 0 Å². The number of hydrogen-bond acceptors (Lipinski definition) is 4. The molecule has 1 fully saturated rings. The summed E-state index contributed by atoms with van der Waals surface area (Å²) in [4.78, 5) is 24.6. The van der Waals surface area contributed by atoms with Crippen LogP contribution in [0, 0.1) is 5.92 Å². The number of rotatable bonds is 6. The van der Waals surface area contributed by atoms with Gasteiger partial charge in [0.25, 0.3) is 0 Å². The zero-order valence-electron chi connectivity index (χ0n) is 15.5. The first-order valence-electron chi connectivity index (χ1n) is 9.73. The monoisotopic (exact) mass is 395 g/mol. The first-order chi connectivity index (χ1) is 13.6. The molecule has 0 heterocycles. The lowest BCUT2D eigenvalue weighted by Gasteiger charge is -2.23. The van der Waals surface area contributed by atoms with E-state index in [0.29, 0.717) is 39.3 Å². The molecule has 1 aliphatic rings. The van der Waals surface area contributed by atoms with E-state index in [1.807, 2.05) is 30.3 Å². The Bertz CT molecular complexity index is 1030. The second-order valence-electron chi connectivity index (χ2n) is 7.35. The molecule has 3 aromatic carbocycles. The van der Waals surface area contributed by atoms with Crippen molar-refractivity contribution in [3.8, 4) is 22.6 Å². The number of halogens is 1. The smallest absolute Gasteiger partial charge is 0.250 e. The lowest BCUT2D eigenvalue weighted by atomic mass is 9.89. The summed E-state index contributed by atoms with van der Waals surface area (Å²) in [6.45, 7) is 0.723. The van der Waals surface area contributed by atoms with Crippen LogP contribution < -0.4 is 20.9 Å². The van der Waals surface area contributed by atoms with E-state index in [4.69, 9.17) is 16.3 Å². The predicted octanol–water partition coefficient (Wildman–Crippen LogP) is 5.39. The summed E-state index contributed by atoms with van der Waals surface area (Å²) in [5.41, 5.74) is 0.445. The Labute approximate surface area is 168 Å². The Balaban J connectivity index is 1.63. The normalized spacial score (nSPS) is 14.9. The molecule has 0 aromatic heterocycles. The van der Waals surface area contributed by atoms with E-state index in [1.165, 1.54) is 32.1 Å². The van der Waals surface area contributed by atoms with E-state index in [2.05, 4.69) is 5.32 Å². The average molecular weight is 396 g/mol. The number of para-hydroxylation sites is 1. The second-order valence-corrected chi connectivity index (χ2v) is 7.79. The van der Waals surface area contributed by atoms with Crippen molar-refractivity contribution in [2.75, 3.05) is 11.9 Å². The molecule has 4 nitrogen and oxygen atoms in total. The van der Waals surface area contributed by atoms with E-state index in [9.17, 15) is 9.59 Å². The first kappa shape index (κ1) is 18.8. The molecule has 0 radical (unpaired) electrons. The Hall–Kier alpha value is -2.59. The van der Waals surface area contributed by atoms with Crippen molar-refractivity contribution in [3.05, 3.63) is 74.0 Å². The van der Waals surface area contributed by atoms with Crippen LogP contribution in [0.4, 0.5) is 5.69 Å². The van der Waals surface area contributed by atoms with E-state index < -0.39 is 10.9 Å². The molecular weight excluding hydrogens is 374 g/mol. The lowest BCUT2D eigenvalue weighted by molar-refractivity contribution is 0.373. The fourth-order valence-electron chi connectivity index (χ4n) is 3.86. The molecule has 5 heteroatoms. The van der Waals surface area contributed by atoms with Crippen LogP contribution in [-0.2, 0) is 0 Å². The lowest BCUT2D eigenvalue weighted by Crippen LogP contribution is -2.37. The molecule has 0 aliphatic heterocycles. The number of ether oxygens (including phenoxy) is 1. The van der Waals surface area contributed by atoms with Gasteiger partial charge in [0, 0.05) is 23.2 Å². The number of nitrogens with one attached hydrogen (secondary N) is 1.